The van der Waals surface area contributed by atoms with E-state index in [-0.39, 0.29) is 0 Å². The normalized spacial score (nSPS) is 13.1. The van der Waals surface area contributed by atoms with Gasteiger partial charge < -0.3 is 4.74 Å². The summed E-state index contributed by atoms with van der Waals surface area (Å²) >= 11 is 0. The van der Waals surface area contributed by atoms with E-state index in [9.17, 15) is 0 Å². The molecule has 0 bridgehead atoms. The first-order valence-electron chi connectivity index (χ1n) is 18.4. The van der Waals surface area contributed by atoms with E-state index in [1.54, 1.807) is 0 Å². The second kappa shape index (κ2) is 12.0. The summed E-state index contributed by atoms with van der Waals surface area (Å²) in [4.78, 5) is 10.3. The Morgan fingerprint density at radius 1 is 0.370 bits per heavy atom. The molecule has 0 amide bonds. The molecule has 0 saturated heterocycles. The van der Waals surface area contributed by atoms with Crippen molar-refractivity contribution >= 4 is 10.8 Å². The maximum absolute atomic E-state index is 7.11. The summed E-state index contributed by atoms with van der Waals surface area (Å²) < 4.78 is 7.11. The Kier molecular flexibility index (Phi) is 6.77. The molecule has 2 heterocycles. The van der Waals surface area contributed by atoms with Crippen LogP contribution in [0.4, 0.5) is 0 Å². The van der Waals surface area contributed by atoms with E-state index in [1.807, 2.05) is 24.3 Å². The van der Waals surface area contributed by atoms with Crippen molar-refractivity contribution in [3.8, 4) is 67.7 Å². The molecule has 0 N–H and O–H groups in total. The van der Waals surface area contributed by atoms with Gasteiger partial charge in [-0.25, -0.2) is 9.97 Å². The van der Waals surface area contributed by atoms with E-state index >= 15 is 0 Å². The lowest BCUT2D eigenvalue weighted by atomic mass is 9.65. The van der Waals surface area contributed by atoms with Crippen molar-refractivity contribution in [3.63, 3.8) is 0 Å². The molecular weight excluding hydrogens is 657 g/mol. The molecule has 0 radical (unpaired) electrons. The number of ether oxygens (including phenoxy) is 1. The fourth-order valence-corrected chi connectivity index (χ4v) is 8.72. The van der Waals surface area contributed by atoms with Crippen LogP contribution in [0.5, 0.6) is 11.5 Å². The summed E-state index contributed by atoms with van der Waals surface area (Å²) in [7, 11) is 0. The Hall–Kier alpha value is -7.10. The van der Waals surface area contributed by atoms with E-state index in [1.165, 1.54) is 33.4 Å². The SMILES string of the molecule is c1ccc(-c2ccc(-c3cc(-c4ccc5c(c4)Oc4c(ccc6ccccc46)C54c5ccccc5-c5ccccc54)nc(-c4ccccc4)n3)cc2)cc1. The number of nitrogens with zero attached hydrogens (tertiary/aromatic N) is 2. The molecule has 1 aliphatic heterocycles. The predicted molar refractivity (Wildman–Crippen MR) is 219 cm³/mol. The minimum Gasteiger partial charge on any atom is -0.456 e. The lowest BCUT2D eigenvalue weighted by Crippen LogP contribution is -2.32. The first kappa shape index (κ1) is 30.5. The van der Waals surface area contributed by atoms with Crippen LogP contribution in [-0.4, -0.2) is 9.97 Å². The van der Waals surface area contributed by atoms with Crippen molar-refractivity contribution in [2.75, 3.05) is 0 Å². The molecule has 9 aromatic rings. The van der Waals surface area contributed by atoms with Gasteiger partial charge in [0.25, 0.3) is 0 Å². The second-order valence-electron chi connectivity index (χ2n) is 14.1. The quantitative estimate of drug-likeness (QED) is 0.185. The highest BCUT2D eigenvalue weighted by molar-refractivity contribution is 5.96. The lowest BCUT2D eigenvalue weighted by molar-refractivity contribution is 0.442. The Bertz CT molecular complexity index is 2850. The molecule has 0 atom stereocenters. The monoisotopic (exact) mass is 688 g/mol. The van der Waals surface area contributed by atoms with Crippen LogP contribution < -0.4 is 4.74 Å². The number of fused-ring (bicyclic) bond motifs is 11. The summed E-state index contributed by atoms with van der Waals surface area (Å²) in [5.41, 5.74) is 13.8. The maximum atomic E-state index is 7.11. The molecule has 3 heteroatoms. The second-order valence-corrected chi connectivity index (χ2v) is 14.1. The van der Waals surface area contributed by atoms with Crippen molar-refractivity contribution < 1.29 is 4.74 Å². The minimum absolute atomic E-state index is 0.550. The van der Waals surface area contributed by atoms with Gasteiger partial charge in [-0.2, -0.15) is 0 Å². The van der Waals surface area contributed by atoms with Gasteiger partial charge in [-0.05, 0) is 50.9 Å². The van der Waals surface area contributed by atoms with Crippen LogP contribution in [0, 0.1) is 0 Å². The zero-order valence-electron chi connectivity index (χ0n) is 29.3. The number of benzene rings is 8. The van der Waals surface area contributed by atoms with E-state index in [4.69, 9.17) is 14.7 Å². The topological polar surface area (TPSA) is 35.0 Å². The molecule has 1 spiro atoms. The lowest BCUT2D eigenvalue weighted by Gasteiger charge is -2.40. The van der Waals surface area contributed by atoms with Gasteiger partial charge in [0, 0.05) is 33.2 Å². The van der Waals surface area contributed by atoms with Crippen LogP contribution >= 0.6 is 0 Å². The molecule has 0 fully saturated rings. The number of hydrogen-bond acceptors (Lipinski definition) is 3. The number of rotatable bonds is 4. The van der Waals surface area contributed by atoms with Gasteiger partial charge in [-0.1, -0.05) is 182 Å². The van der Waals surface area contributed by atoms with Crippen molar-refractivity contribution in [3.05, 3.63) is 216 Å². The van der Waals surface area contributed by atoms with Crippen LogP contribution in [0.3, 0.4) is 0 Å². The zero-order valence-corrected chi connectivity index (χ0v) is 29.3. The Morgan fingerprint density at radius 3 is 1.63 bits per heavy atom. The summed E-state index contributed by atoms with van der Waals surface area (Å²) in [6.45, 7) is 0. The third-order valence-corrected chi connectivity index (χ3v) is 11.2. The minimum atomic E-state index is -0.550. The Morgan fingerprint density at radius 2 is 0.907 bits per heavy atom. The highest BCUT2D eigenvalue weighted by Gasteiger charge is 2.51. The van der Waals surface area contributed by atoms with E-state index < -0.39 is 5.41 Å². The standard InChI is InChI=1S/C51H32N2O/c1-3-13-33(14-4-1)34-23-25-36(26-24-34)46-32-47(53-50(52-46)37-16-5-2-6-17-37)38-28-29-44-48(31-38)54-49-39-18-8-7-15-35(39)27-30-45(49)51(44)42-21-11-9-19-40(42)41-20-10-12-22-43(41)51/h1-32H. The number of aromatic nitrogens is 2. The largest absolute Gasteiger partial charge is 0.456 e. The Labute approximate surface area is 313 Å². The summed E-state index contributed by atoms with van der Waals surface area (Å²) in [6, 6.07) is 68.8. The molecule has 0 unspecified atom stereocenters. The average molecular weight is 689 g/mol. The summed E-state index contributed by atoms with van der Waals surface area (Å²) in [6.07, 6.45) is 0. The highest BCUT2D eigenvalue weighted by Crippen LogP contribution is 2.63. The zero-order chi connectivity index (χ0) is 35.6. The fourth-order valence-electron chi connectivity index (χ4n) is 8.72. The molecule has 0 saturated carbocycles. The molecule has 11 rings (SSSR count). The molecular formula is C51H32N2O. The van der Waals surface area contributed by atoms with Gasteiger partial charge in [0.15, 0.2) is 5.82 Å². The predicted octanol–water partition coefficient (Wildman–Crippen LogP) is 12.8. The molecule has 54 heavy (non-hydrogen) atoms. The van der Waals surface area contributed by atoms with Crippen LogP contribution in [0.1, 0.15) is 22.3 Å². The van der Waals surface area contributed by atoms with Gasteiger partial charge in [0.2, 0.25) is 0 Å². The summed E-state index contributed by atoms with van der Waals surface area (Å²) in [5.74, 6) is 2.41. The number of hydrogen-bond donors (Lipinski definition) is 0. The highest BCUT2D eigenvalue weighted by atomic mass is 16.5. The van der Waals surface area contributed by atoms with E-state index in [0.717, 1.165) is 61.5 Å². The van der Waals surface area contributed by atoms with Crippen LogP contribution in [0.15, 0.2) is 194 Å². The fraction of sp³-hybridized carbons (Fsp3) is 0.0196. The van der Waals surface area contributed by atoms with Crippen molar-refractivity contribution in [2.24, 2.45) is 0 Å². The molecule has 1 aromatic heterocycles. The molecule has 3 nitrogen and oxygen atoms in total. The van der Waals surface area contributed by atoms with Gasteiger partial charge in [-0.3, -0.25) is 0 Å². The van der Waals surface area contributed by atoms with Gasteiger partial charge >= 0.3 is 0 Å². The molecule has 8 aromatic carbocycles. The Balaban J connectivity index is 1.12. The first-order chi connectivity index (χ1) is 26.8. The van der Waals surface area contributed by atoms with Crippen LogP contribution in [0.2, 0.25) is 0 Å². The van der Waals surface area contributed by atoms with Crippen LogP contribution in [0.25, 0.3) is 66.9 Å². The maximum Gasteiger partial charge on any atom is 0.160 e. The molecule has 1 aliphatic carbocycles. The van der Waals surface area contributed by atoms with Crippen molar-refractivity contribution in [1.29, 1.82) is 0 Å². The average Bonchev–Trinajstić information content (AvgIpc) is 3.54. The van der Waals surface area contributed by atoms with Gasteiger partial charge in [0.1, 0.15) is 11.5 Å². The smallest absolute Gasteiger partial charge is 0.160 e. The van der Waals surface area contributed by atoms with Crippen LogP contribution in [-0.2, 0) is 5.41 Å². The van der Waals surface area contributed by atoms with E-state index in [2.05, 4.69) is 170 Å². The first-order valence-corrected chi connectivity index (χ1v) is 18.4. The van der Waals surface area contributed by atoms with Crippen molar-refractivity contribution in [1.82, 2.24) is 9.97 Å². The summed E-state index contributed by atoms with van der Waals surface area (Å²) in [5, 5.41) is 2.25. The van der Waals surface area contributed by atoms with Gasteiger partial charge in [-0.15, -0.1) is 0 Å². The third kappa shape index (κ3) is 4.55. The molecule has 252 valence electrons. The van der Waals surface area contributed by atoms with Gasteiger partial charge in [0.05, 0.1) is 16.8 Å². The van der Waals surface area contributed by atoms with Crippen molar-refractivity contribution in [2.45, 2.75) is 5.41 Å². The third-order valence-electron chi connectivity index (χ3n) is 11.2. The molecule has 2 aliphatic rings. The van der Waals surface area contributed by atoms with E-state index in [0.29, 0.717) is 5.82 Å².